The quantitative estimate of drug-likeness (QED) is 0.624. The fraction of sp³-hybridized carbons (Fsp3) is 0.571. The molecule has 1 aliphatic heterocycles. The first-order valence-electron chi connectivity index (χ1n) is 6.70. The minimum absolute atomic E-state index is 0.0390. The fourth-order valence-corrected chi connectivity index (χ4v) is 2.66. The molecule has 106 valence electrons. The summed E-state index contributed by atoms with van der Waals surface area (Å²) in [5.41, 5.74) is 3.36. The molecule has 2 rings (SSSR count). The normalized spacial score (nSPS) is 20.7. The molecule has 0 amide bonds. The average Bonchev–Trinajstić information content (AvgIpc) is 2.91. The molecule has 0 aromatic heterocycles. The Morgan fingerprint density at radius 2 is 2.37 bits per heavy atom. The van der Waals surface area contributed by atoms with Crippen LogP contribution in [0.2, 0.25) is 5.02 Å². The number of hydrazine groups is 1. The summed E-state index contributed by atoms with van der Waals surface area (Å²) in [5, 5.41) is 0.547. The summed E-state index contributed by atoms with van der Waals surface area (Å²) in [6.07, 6.45) is 4.94. The van der Waals surface area contributed by atoms with Crippen LogP contribution in [0, 0.1) is 5.82 Å². The first kappa shape index (κ1) is 14.7. The smallest absolute Gasteiger partial charge is 0.126 e. The maximum atomic E-state index is 13.7. The van der Waals surface area contributed by atoms with E-state index in [0.29, 0.717) is 23.1 Å². The second kappa shape index (κ2) is 7.20. The minimum Gasteiger partial charge on any atom is -0.378 e. The van der Waals surface area contributed by atoms with Gasteiger partial charge in [-0.05, 0) is 55.9 Å². The van der Waals surface area contributed by atoms with Crippen molar-refractivity contribution >= 4 is 11.6 Å². The van der Waals surface area contributed by atoms with Gasteiger partial charge in [0.05, 0.1) is 6.10 Å². The van der Waals surface area contributed by atoms with Gasteiger partial charge in [0.25, 0.3) is 0 Å². The molecule has 0 saturated carbocycles. The maximum absolute atomic E-state index is 13.7. The van der Waals surface area contributed by atoms with Crippen molar-refractivity contribution < 1.29 is 9.13 Å². The third-order valence-corrected chi connectivity index (χ3v) is 3.81. The monoisotopic (exact) mass is 286 g/mol. The molecule has 0 spiro atoms. The van der Waals surface area contributed by atoms with E-state index < -0.39 is 0 Å². The van der Waals surface area contributed by atoms with Gasteiger partial charge >= 0.3 is 0 Å². The van der Waals surface area contributed by atoms with Crippen molar-refractivity contribution in [3.63, 3.8) is 0 Å². The predicted octanol–water partition coefficient (Wildman–Crippen LogP) is 2.81. The molecule has 1 aromatic carbocycles. The van der Waals surface area contributed by atoms with Crippen LogP contribution in [0.1, 0.15) is 31.2 Å². The van der Waals surface area contributed by atoms with Crippen molar-refractivity contribution in [2.24, 2.45) is 5.84 Å². The van der Waals surface area contributed by atoms with Gasteiger partial charge in [-0.25, -0.2) is 4.39 Å². The topological polar surface area (TPSA) is 47.3 Å². The summed E-state index contributed by atoms with van der Waals surface area (Å²) < 4.78 is 19.2. The van der Waals surface area contributed by atoms with Gasteiger partial charge in [-0.2, -0.15) is 0 Å². The van der Waals surface area contributed by atoms with Crippen LogP contribution in [0.5, 0.6) is 0 Å². The van der Waals surface area contributed by atoms with E-state index in [1.807, 2.05) is 0 Å². The molecule has 1 aliphatic rings. The Hall–Kier alpha value is -0.680. The largest absolute Gasteiger partial charge is 0.378 e. The van der Waals surface area contributed by atoms with E-state index in [4.69, 9.17) is 22.2 Å². The number of rotatable bonds is 6. The molecule has 3 N–H and O–H groups in total. The van der Waals surface area contributed by atoms with Crippen LogP contribution < -0.4 is 11.3 Å². The summed E-state index contributed by atoms with van der Waals surface area (Å²) in [7, 11) is 0. The van der Waals surface area contributed by atoms with Crippen molar-refractivity contribution in [2.75, 3.05) is 6.61 Å². The molecule has 0 radical (unpaired) electrons. The van der Waals surface area contributed by atoms with Gasteiger partial charge in [0.15, 0.2) is 0 Å². The van der Waals surface area contributed by atoms with Gasteiger partial charge in [-0.15, -0.1) is 0 Å². The number of ether oxygens (including phenoxy) is 1. The SMILES string of the molecule is NNC(CCC1CCCO1)Cc1cc(Cl)ccc1F. The Labute approximate surface area is 118 Å². The molecule has 0 bridgehead atoms. The molecule has 3 nitrogen and oxygen atoms in total. The Bertz CT molecular complexity index is 410. The molecule has 1 fully saturated rings. The molecule has 5 heteroatoms. The first-order valence-corrected chi connectivity index (χ1v) is 7.08. The first-order chi connectivity index (χ1) is 9.19. The lowest BCUT2D eigenvalue weighted by Gasteiger charge is -2.18. The van der Waals surface area contributed by atoms with E-state index in [9.17, 15) is 4.39 Å². The molecule has 0 aliphatic carbocycles. The lowest BCUT2D eigenvalue weighted by molar-refractivity contribution is 0.0995. The average molecular weight is 287 g/mol. The molecule has 2 atom stereocenters. The molecule has 1 heterocycles. The predicted molar refractivity (Wildman–Crippen MR) is 74.4 cm³/mol. The highest BCUT2D eigenvalue weighted by Gasteiger charge is 2.18. The second-order valence-electron chi connectivity index (χ2n) is 5.02. The third kappa shape index (κ3) is 4.42. The van der Waals surface area contributed by atoms with Crippen LogP contribution in [-0.2, 0) is 11.2 Å². The number of nitrogens with two attached hydrogens (primary N) is 1. The fourth-order valence-electron chi connectivity index (χ4n) is 2.47. The highest BCUT2D eigenvalue weighted by molar-refractivity contribution is 6.30. The summed E-state index contributed by atoms with van der Waals surface area (Å²) in [4.78, 5) is 0. The second-order valence-corrected chi connectivity index (χ2v) is 5.45. The molecular weight excluding hydrogens is 267 g/mol. The Morgan fingerprint density at radius 3 is 3.05 bits per heavy atom. The van der Waals surface area contributed by atoms with E-state index in [-0.39, 0.29) is 11.9 Å². The maximum Gasteiger partial charge on any atom is 0.126 e. The molecule has 2 unspecified atom stereocenters. The minimum atomic E-state index is -0.234. The van der Waals surface area contributed by atoms with Crippen molar-refractivity contribution in [3.05, 3.63) is 34.6 Å². The van der Waals surface area contributed by atoms with E-state index >= 15 is 0 Å². The van der Waals surface area contributed by atoms with Gasteiger partial charge in [0.2, 0.25) is 0 Å². The van der Waals surface area contributed by atoms with Gasteiger partial charge in [0, 0.05) is 17.7 Å². The van der Waals surface area contributed by atoms with Gasteiger partial charge in [-0.1, -0.05) is 11.6 Å². The van der Waals surface area contributed by atoms with E-state index in [0.717, 1.165) is 32.3 Å². The number of halogens is 2. The number of hydrogen-bond acceptors (Lipinski definition) is 3. The van der Waals surface area contributed by atoms with Crippen LogP contribution in [-0.4, -0.2) is 18.8 Å². The Kier molecular flexibility index (Phi) is 5.58. The summed E-state index contributed by atoms with van der Waals surface area (Å²) in [6.45, 7) is 0.855. The standard InChI is InChI=1S/C14H20ClFN2O/c15-11-3-6-14(16)10(8-11)9-12(18-17)4-5-13-2-1-7-19-13/h3,6,8,12-13,18H,1-2,4-5,7,9,17H2. The Morgan fingerprint density at radius 1 is 1.53 bits per heavy atom. The van der Waals surface area contributed by atoms with Gasteiger partial charge in [-0.3, -0.25) is 11.3 Å². The van der Waals surface area contributed by atoms with Crippen LogP contribution in [0.4, 0.5) is 4.39 Å². The zero-order valence-electron chi connectivity index (χ0n) is 10.9. The number of benzene rings is 1. The van der Waals surface area contributed by atoms with Crippen LogP contribution in [0.25, 0.3) is 0 Å². The molecule has 19 heavy (non-hydrogen) atoms. The lowest BCUT2D eigenvalue weighted by atomic mass is 9.99. The van der Waals surface area contributed by atoms with E-state index in [1.165, 1.54) is 6.07 Å². The molecular formula is C14H20ClFN2O. The van der Waals surface area contributed by atoms with E-state index in [1.54, 1.807) is 12.1 Å². The highest BCUT2D eigenvalue weighted by atomic mass is 35.5. The zero-order valence-corrected chi connectivity index (χ0v) is 11.6. The summed E-state index contributed by atoms with van der Waals surface area (Å²) >= 11 is 5.89. The number of hydrogen-bond donors (Lipinski definition) is 2. The van der Waals surface area contributed by atoms with E-state index in [2.05, 4.69) is 5.43 Å². The van der Waals surface area contributed by atoms with Crippen molar-refractivity contribution in [3.8, 4) is 0 Å². The van der Waals surface area contributed by atoms with Crippen molar-refractivity contribution in [1.29, 1.82) is 0 Å². The van der Waals surface area contributed by atoms with Crippen LogP contribution in [0.3, 0.4) is 0 Å². The Balaban J connectivity index is 1.88. The zero-order chi connectivity index (χ0) is 13.7. The van der Waals surface area contributed by atoms with Crippen molar-refractivity contribution in [2.45, 2.75) is 44.2 Å². The summed E-state index contributed by atoms with van der Waals surface area (Å²) in [5.74, 6) is 5.31. The highest BCUT2D eigenvalue weighted by Crippen LogP contribution is 2.20. The van der Waals surface area contributed by atoms with Crippen molar-refractivity contribution in [1.82, 2.24) is 5.43 Å². The van der Waals surface area contributed by atoms with Crippen LogP contribution in [0.15, 0.2) is 18.2 Å². The number of nitrogens with one attached hydrogen (secondary N) is 1. The molecule has 1 saturated heterocycles. The third-order valence-electron chi connectivity index (χ3n) is 3.57. The van der Waals surface area contributed by atoms with Crippen LogP contribution >= 0.6 is 11.6 Å². The summed E-state index contributed by atoms with van der Waals surface area (Å²) in [6, 6.07) is 4.65. The van der Waals surface area contributed by atoms with Gasteiger partial charge < -0.3 is 4.74 Å². The molecule has 1 aromatic rings. The van der Waals surface area contributed by atoms with Gasteiger partial charge in [0.1, 0.15) is 5.82 Å². The lowest BCUT2D eigenvalue weighted by Crippen LogP contribution is -2.37.